The second kappa shape index (κ2) is 5.22. The summed E-state index contributed by atoms with van der Waals surface area (Å²) in [5.74, 6) is -0.266. The number of nitrogens with zero attached hydrogens (tertiary/aromatic N) is 3. The van der Waals surface area contributed by atoms with E-state index in [0.717, 1.165) is 22.4 Å². The maximum Gasteiger partial charge on any atom is 0.123 e. The van der Waals surface area contributed by atoms with Gasteiger partial charge in [0.2, 0.25) is 0 Å². The van der Waals surface area contributed by atoms with E-state index >= 15 is 0 Å². The summed E-state index contributed by atoms with van der Waals surface area (Å²) in [7, 11) is 1.83. The van der Waals surface area contributed by atoms with Crippen molar-refractivity contribution in [2.45, 2.75) is 0 Å². The first-order valence-corrected chi connectivity index (χ1v) is 6.47. The van der Waals surface area contributed by atoms with Gasteiger partial charge in [0.25, 0.3) is 0 Å². The Morgan fingerprint density at radius 2 is 1.76 bits per heavy atom. The maximum atomic E-state index is 13.0. The summed E-state index contributed by atoms with van der Waals surface area (Å²) in [5, 5.41) is 13.6. The molecule has 0 N–H and O–H groups in total. The summed E-state index contributed by atoms with van der Waals surface area (Å²) >= 11 is 0. The highest BCUT2D eigenvalue weighted by molar-refractivity contribution is 5.75. The Hall–Kier alpha value is -2.93. The van der Waals surface area contributed by atoms with Crippen LogP contribution in [-0.4, -0.2) is 9.78 Å². The standard InChI is InChI=1S/C17H12FN3/c1-21-9-8-17(20-21)16-10-13(2-3-14(16)11-19)12-4-6-15(18)7-5-12/h2-10H,1H3. The number of aryl methyl sites for hydroxylation is 1. The Morgan fingerprint density at radius 1 is 1.05 bits per heavy atom. The lowest BCUT2D eigenvalue weighted by Crippen LogP contribution is -1.91. The molecular formula is C17H12FN3. The van der Waals surface area contributed by atoms with Crippen molar-refractivity contribution in [3.63, 3.8) is 0 Å². The number of hydrogen-bond acceptors (Lipinski definition) is 2. The Morgan fingerprint density at radius 3 is 2.38 bits per heavy atom. The Kier molecular flexibility index (Phi) is 3.25. The largest absolute Gasteiger partial charge is 0.275 e. The first kappa shape index (κ1) is 13.1. The Balaban J connectivity index is 2.13. The van der Waals surface area contributed by atoms with Crippen molar-refractivity contribution in [2.75, 3.05) is 0 Å². The fourth-order valence-electron chi connectivity index (χ4n) is 2.23. The first-order valence-electron chi connectivity index (χ1n) is 6.47. The number of nitriles is 1. The molecular weight excluding hydrogens is 265 g/mol. The molecule has 0 fully saturated rings. The van der Waals surface area contributed by atoms with Crippen LogP contribution in [0.2, 0.25) is 0 Å². The summed E-state index contributed by atoms with van der Waals surface area (Å²) in [4.78, 5) is 0. The van der Waals surface area contributed by atoms with Crippen molar-refractivity contribution < 1.29 is 4.39 Å². The summed E-state index contributed by atoms with van der Waals surface area (Å²) in [5.41, 5.74) is 3.92. The van der Waals surface area contributed by atoms with Gasteiger partial charge in [-0.3, -0.25) is 4.68 Å². The van der Waals surface area contributed by atoms with E-state index in [1.807, 2.05) is 31.4 Å². The van der Waals surface area contributed by atoms with Crippen LogP contribution in [0.5, 0.6) is 0 Å². The SMILES string of the molecule is Cn1ccc(-c2cc(-c3ccc(F)cc3)ccc2C#N)n1. The third-order valence-corrected chi connectivity index (χ3v) is 3.31. The molecule has 21 heavy (non-hydrogen) atoms. The van der Waals surface area contributed by atoms with Gasteiger partial charge in [-0.25, -0.2) is 4.39 Å². The predicted octanol–water partition coefficient (Wildman–Crippen LogP) is 3.76. The van der Waals surface area contributed by atoms with Crippen molar-refractivity contribution in [1.82, 2.24) is 9.78 Å². The minimum absolute atomic E-state index is 0.266. The van der Waals surface area contributed by atoms with Crippen molar-refractivity contribution in [2.24, 2.45) is 7.05 Å². The van der Waals surface area contributed by atoms with Crippen LogP contribution in [-0.2, 0) is 7.05 Å². The molecule has 3 nitrogen and oxygen atoms in total. The zero-order valence-corrected chi connectivity index (χ0v) is 11.4. The number of halogens is 1. The van der Waals surface area contributed by atoms with E-state index in [2.05, 4.69) is 11.2 Å². The van der Waals surface area contributed by atoms with Crippen LogP contribution >= 0.6 is 0 Å². The molecule has 0 saturated heterocycles. The molecule has 0 radical (unpaired) electrons. The topological polar surface area (TPSA) is 41.6 Å². The average molecular weight is 277 g/mol. The van der Waals surface area contributed by atoms with Crippen molar-refractivity contribution in [1.29, 1.82) is 5.26 Å². The summed E-state index contributed by atoms with van der Waals surface area (Å²) < 4.78 is 14.7. The van der Waals surface area contributed by atoms with Crippen LogP contribution in [0.3, 0.4) is 0 Å². The fraction of sp³-hybridized carbons (Fsp3) is 0.0588. The van der Waals surface area contributed by atoms with E-state index in [4.69, 9.17) is 0 Å². The third kappa shape index (κ3) is 2.54. The summed E-state index contributed by atoms with van der Waals surface area (Å²) in [6.45, 7) is 0. The van der Waals surface area contributed by atoms with Crippen molar-refractivity contribution in [3.8, 4) is 28.5 Å². The molecule has 3 aromatic rings. The van der Waals surface area contributed by atoms with Crippen LogP contribution in [0.15, 0.2) is 54.7 Å². The van der Waals surface area contributed by atoms with Gasteiger partial charge in [0.15, 0.2) is 0 Å². The monoisotopic (exact) mass is 277 g/mol. The molecule has 2 aromatic carbocycles. The molecule has 4 heteroatoms. The molecule has 0 aliphatic rings. The van der Waals surface area contributed by atoms with Gasteiger partial charge < -0.3 is 0 Å². The van der Waals surface area contributed by atoms with E-state index in [9.17, 15) is 9.65 Å². The molecule has 1 aromatic heterocycles. The van der Waals surface area contributed by atoms with Gasteiger partial charge in [-0.15, -0.1) is 0 Å². The molecule has 0 amide bonds. The van der Waals surface area contributed by atoms with Crippen LogP contribution in [0.25, 0.3) is 22.4 Å². The number of benzene rings is 2. The van der Waals surface area contributed by atoms with Crippen LogP contribution in [0.1, 0.15) is 5.56 Å². The van der Waals surface area contributed by atoms with Crippen molar-refractivity contribution >= 4 is 0 Å². The first-order chi connectivity index (χ1) is 10.2. The molecule has 0 bridgehead atoms. The van der Waals surface area contributed by atoms with Crippen LogP contribution in [0.4, 0.5) is 4.39 Å². The lowest BCUT2D eigenvalue weighted by Gasteiger charge is -2.06. The average Bonchev–Trinajstić information content (AvgIpc) is 2.94. The minimum Gasteiger partial charge on any atom is -0.275 e. The highest BCUT2D eigenvalue weighted by Gasteiger charge is 2.10. The second-order valence-electron chi connectivity index (χ2n) is 4.75. The lowest BCUT2D eigenvalue weighted by molar-refractivity contribution is 0.628. The minimum atomic E-state index is -0.266. The fourth-order valence-corrected chi connectivity index (χ4v) is 2.23. The molecule has 0 spiro atoms. The molecule has 102 valence electrons. The third-order valence-electron chi connectivity index (χ3n) is 3.31. The molecule has 0 unspecified atom stereocenters. The van der Waals surface area contributed by atoms with Gasteiger partial charge in [0, 0.05) is 18.8 Å². The molecule has 0 saturated carbocycles. The molecule has 0 aliphatic heterocycles. The predicted molar refractivity (Wildman–Crippen MR) is 78.8 cm³/mol. The van der Waals surface area contributed by atoms with Crippen LogP contribution < -0.4 is 0 Å². The van der Waals surface area contributed by atoms with Gasteiger partial charge in [0.05, 0.1) is 17.3 Å². The zero-order valence-electron chi connectivity index (χ0n) is 11.4. The van der Waals surface area contributed by atoms with Gasteiger partial charge in [-0.05, 0) is 41.5 Å². The summed E-state index contributed by atoms with van der Waals surface area (Å²) in [6, 6.07) is 15.9. The van der Waals surface area contributed by atoms with E-state index in [1.54, 1.807) is 22.9 Å². The van der Waals surface area contributed by atoms with Gasteiger partial charge in [-0.1, -0.05) is 18.2 Å². The normalized spacial score (nSPS) is 10.3. The molecule has 1 heterocycles. The van der Waals surface area contributed by atoms with E-state index < -0.39 is 0 Å². The molecule has 0 aliphatic carbocycles. The highest BCUT2D eigenvalue weighted by Crippen LogP contribution is 2.28. The second-order valence-corrected chi connectivity index (χ2v) is 4.75. The number of hydrogen-bond donors (Lipinski definition) is 0. The van der Waals surface area contributed by atoms with E-state index in [1.165, 1.54) is 12.1 Å². The van der Waals surface area contributed by atoms with E-state index in [-0.39, 0.29) is 5.82 Å². The summed E-state index contributed by atoms with van der Waals surface area (Å²) in [6.07, 6.45) is 1.83. The molecule has 3 rings (SSSR count). The molecule has 0 atom stereocenters. The maximum absolute atomic E-state index is 13.0. The smallest absolute Gasteiger partial charge is 0.123 e. The van der Waals surface area contributed by atoms with Gasteiger partial charge in [-0.2, -0.15) is 10.4 Å². The number of aromatic nitrogens is 2. The van der Waals surface area contributed by atoms with E-state index in [0.29, 0.717) is 5.56 Å². The van der Waals surface area contributed by atoms with Gasteiger partial charge in [0.1, 0.15) is 5.82 Å². The Labute approximate surface area is 121 Å². The zero-order chi connectivity index (χ0) is 14.8. The lowest BCUT2D eigenvalue weighted by atomic mass is 9.98. The number of rotatable bonds is 2. The van der Waals surface area contributed by atoms with Crippen LogP contribution in [0, 0.1) is 17.1 Å². The van der Waals surface area contributed by atoms with Gasteiger partial charge >= 0.3 is 0 Å². The Bertz CT molecular complexity index is 826. The quantitative estimate of drug-likeness (QED) is 0.715. The van der Waals surface area contributed by atoms with Crippen molar-refractivity contribution in [3.05, 3.63) is 66.1 Å². The highest BCUT2D eigenvalue weighted by atomic mass is 19.1.